The molecule has 0 saturated heterocycles. The van der Waals surface area contributed by atoms with Gasteiger partial charge in [-0.1, -0.05) is 27.2 Å². The van der Waals surface area contributed by atoms with Crippen LogP contribution in [0.2, 0.25) is 0 Å². The quantitative estimate of drug-likeness (QED) is 0.586. The second-order valence-corrected chi connectivity index (χ2v) is 3.85. The van der Waals surface area contributed by atoms with Gasteiger partial charge in [-0.15, -0.1) is 0 Å². The average Bonchev–Trinajstić information content (AvgIpc) is 2.19. The van der Waals surface area contributed by atoms with E-state index >= 15 is 0 Å². The smallest absolute Gasteiger partial charge is 0.00677 e. The SMILES string of the molecule is CC[C@@H](C[C@@H](C=N)[C@H](C)CC)NC. The molecule has 2 nitrogen and oxygen atoms in total. The molecule has 2 N–H and O–H groups in total. The van der Waals surface area contributed by atoms with Crippen molar-refractivity contribution in [1.29, 1.82) is 5.41 Å². The Morgan fingerprint density at radius 3 is 2.23 bits per heavy atom. The molecule has 0 rings (SSSR count). The molecule has 0 radical (unpaired) electrons. The maximum absolute atomic E-state index is 7.38. The maximum Gasteiger partial charge on any atom is 0.00677 e. The summed E-state index contributed by atoms with van der Waals surface area (Å²) in [4.78, 5) is 0. The molecule has 0 aromatic carbocycles. The highest BCUT2D eigenvalue weighted by Crippen LogP contribution is 2.19. The molecule has 0 aliphatic carbocycles. The fourth-order valence-corrected chi connectivity index (χ4v) is 1.58. The highest BCUT2D eigenvalue weighted by molar-refractivity contribution is 5.57. The number of rotatable bonds is 7. The number of hydrogen-bond acceptors (Lipinski definition) is 2. The van der Waals surface area contributed by atoms with Gasteiger partial charge in [0, 0.05) is 6.04 Å². The Hall–Kier alpha value is -0.370. The topological polar surface area (TPSA) is 35.9 Å². The summed E-state index contributed by atoms with van der Waals surface area (Å²) in [6.45, 7) is 6.62. The van der Waals surface area contributed by atoms with Crippen molar-refractivity contribution >= 4 is 6.21 Å². The van der Waals surface area contributed by atoms with Crippen LogP contribution in [0.5, 0.6) is 0 Å². The summed E-state index contributed by atoms with van der Waals surface area (Å²) in [5.74, 6) is 1.09. The van der Waals surface area contributed by atoms with Gasteiger partial charge < -0.3 is 10.7 Å². The molecule has 0 amide bonds. The third-order valence-electron chi connectivity index (χ3n) is 3.05. The molecular formula is C11H24N2. The lowest BCUT2D eigenvalue weighted by Gasteiger charge is -2.23. The largest absolute Gasteiger partial charge is 0.317 e. The molecule has 0 bridgehead atoms. The Balaban J connectivity index is 4.02. The van der Waals surface area contributed by atoms with Crippen LogP contribution in [0.15, 0.2) is 0 Å². The van der Waals surface area contributed by atoms with Gasteiger partial charge in [0.2, 0.25) is 0 Å². The molecule has 3 atom stereocenters. The Morgan fingerprint density at radius 1 is 1.31 bits per heavy atom. The van der Waals surface area contributed by atoms with Crippen molar-refractivity contribution in [3.05, 3.63) is 0 Å². The molecule has 0 aromatic heterocycles. The van der Waals surface area contributed by atoms with Crippen LogP contribution < -0.4 is 5.32 Å². The van der Waals surface area contributed by atoms with Crippen LogP contribution in [0, 0.1) is 17.2 Å². The molecule has 78 valence electrons. The van der Waals surface area contributed by atoms with Crippen molar-refractivity contribution in [2.75, 3.05) is 7.05 Å². The van der Waals surface area contributed by atoms with E-state index in [0.29, 0.717) is 17.9 Å². The van der Waals surface area contributed by atoms with E-state index in [0.717, 1.165) is 12.8 Å². The summed E-state index contributed by atoms with van der Waals surface area (Å²) in [5, 5.41) is 10.7. The summed E-state index contributed by atoms with van der Waals surface area (Å²) in [7, 11) is 2.01. The van der Waals surface area contributed by atoms with Crippen molar-refractivity contribution in [3.63, 3.8) is 0 Å². The highest BCUT2D eigenvalue weighted by Gasteiger charge is 2.16. The second kappa shape index (κ2) is 7.07. The molecule has 0 heterocycles. The van der Waals surface area contributed by atoms with Gasteiger partial charge in [-0.3, -0.25) is 0 Å². The second-order valence-electron chi connectivity index (χ2n) is 3.85. The first-order valence-corrected chi connectivity index (χ1v) is 5.37. The van der Waals surface area contributed by atoms with E-state index in [9.17, 15) is 0 Å². The van der Waals surface area contributed by atoms with Crippen molar-refractivity contribution in [3.8, 4) is 0 Å². The average molecular weight is 184 g/mol. The Kier molecular flexibility index (Phi) is 6.87. The summed E-state index contributed by atoms with van der Waals surface area (Å²) in [6, 6.07) is 0.570. The van der Waals surface area contributed by atoms with E-state index in [-0.39, 0.29) is 0 Å². The van der Waals surface area contributed by atoms with Gasteiger partial charge in [0.1, 0.15) is 0 Å². The molecule has 0 aliphatic heterocycles. The number of nitrogens with one attached hydrogen (secondary N) is 2. The first-order valence-electron chi connectivity index (χ1n) is 5.37. The fourth-order valence-electron chi connectivity index (χ4n) is 1.58. The van der Waals surface area contributed by atoms with E-state index in [2.05, 4.69) is 26.1 Å². The van der Waals surface area contributed by atoms with Gasteiger partial charge in [0.15, 0.2) is 0 Å². The summed E-state index contributed by atoms with van der Waals surface area (Å²) < 4.78 is 0. The van der Waals surface area contributed by atoms with Crippen molar-refractivity contribution < 1.29 is 0 Å². The van der Waals surface area contributed by atoms with Crippen LogP contribution in [0.3, 0.4) is 0 Å². The molecule has 0 aromatic rings. The zero-order chi connectivity index (χ0) is 10.3. The first-order chi connectivity index (χ1) is 6.19. The van der Waals surface area contributed by atoms with E-state index in [1.807, 2.05) is 7.05 Å². The predicted molar refractivity (Wildman–Crippen MR) is 59.5 cm³/mol. The van der Waals surface area contributed by atoms with Gasteiger partial charge >= 0.3 is 0 Å². The molecule has 0 unspecified atom stereocenters. The molecule has 0 fully saturated rings. The predicted octanol–water partition coefficient (Wildman–Crippen LogP) is 2.69. The lowest BCUT2D eigenvalue weighted by atomic mass is 9.87. The molecule has 0 spiro atoms. The summed E-state index contributed by atoms with van der Waals surface area (Å²) >= 11 is 0. The van der Waals surface area contributed by atoms with Gasteiger partial charge in [-0.2, -0.15) is 0 Å². The van der Waals surface area contributed by atoms with Gasteiger partial charge in [-0.05, 0) is 37.9 Å². The Bertz CT molecular complexity index is 130. The first kappa shape index (κ1) is 12.6. The van der Waals surface area contributed by atoms with Crippen LogP contribution in [0.1, 0.15) is 40.0 Å². The standard InChI is InChI=1S/C11H24N2/c1-5-9(3)10(8-12)7-11(6-2)13-4/h8-13H,5-7H2,1-4H3/t9-,10+,11+/m1/s1. The van der Waals surface area contributed by atoms with Crippen LogP contribution in [-0.2, 0) is 0 Å². The zero-order valence-electron chi connectivity index (χ0n) is 9.43. The van der Waals surface area contributed by atoms with Gasteiger partial charge in [-0.25, -0.2) is 0 Å². The van der Waals surface area contributed by atoms with Crippen molar-refractivity contribution in [2.45, 2.75) is 46.1 Å². The Morgan fingerprint density at radius 2 is 1.92 bits per heavy atom. The van der Waals surface area contributed by atoms with E-state index in [4.69, 9.17) is 5.41 Å². The van der Waals surface area contributed by atoms with Crippen LogP contribution in [0.4, 0.5) is 0 Å². The van der Waals surface area contributed by atoms with E-state index in [1.54, 1.807) is 6.21 Å². The zero-order valence-corrected chi connectivity index (χ0v) is 9.43. The minimum absolute atomic E-state index is 0.447. The summed E-state index contributed by atoms with van der Waals surface area (Å²) in [6.07, 6.45) is 5.04. The molecule has 0 saturated carbocycles. The van der Waals surface area contributed by atoms with Crippen LogP contribution in [-0.4, -0.2) is 19.3 Å². The van der Waals surface area contributed by atoms with Crippen LogP contribution >= 0.6 is 0 Å². The number of hydrogen-bond donors (Lipinski definition) is 2. The van der Waals surface area contributed by atoms with Crippen molar-refractivity contribution in [2.24, 2.45) is 11.8 Å². The third kappa shape index (κ3) is 4.41. The minimum atomic E-state index is 0.447. The van der Waals surface area contributed by atoms with Crippen LogP contribution in [0.25, 0.3) is 0 Å². The lowest BCUT2D eigenvalue weighted by Crippen LogP contribution is -2.29. The highest BCUT2D eigenvalue weighted by atomic mass is 14.9. The molecule has 0 aliphatic rings. The third-order valence-corrected chi connectivity index (χ3v) is 3.05. The van der Waals surface area contributed by atoms with E-state index < -0.39 is 0 Å². The van der Waals surface area contributed by atoms with Gasteiger partial charge in [0.25, 0.3) is 0 Å². The monoisotopic (exact) mass is 184 g/mol. The Labute approximate surface area is 82.6 Å². The van der Waals surface area contributed by atoms with Crippen molar-refractivity contribution in [1.82, 2.24) is 5.32 Å². The molecule has 2 heteroatoms. The maximum atomic E-state index is 7.38. The van der Waals surface area contributed by atoms with E-state index in [1.165, 1.54) is 6.42 Å². The van der Waals surface area contributed by atoms with Gasteiger partial charge in [0.05, 0.1) is 0 Å². The fraction of sp³-hybridized carbons (Fsp3) is 0.909. The normalized spacial score (nSPS) is 17.8. The molecule has 13 heavy (non-hydrogen) atoms. The summed E-state index contributed by atoms with van der Waals surface area (Å²) in [5.41, 5.74) is 0. The lowest BCUT2D eigenvalue weighted by molar-refractivity contribution is 0.364. The molecular weight excluding hydrogens is 160 g/mol. The minimum Gasteiger partial charge on any atom is -0.317 e.